The molecule has 0 atom stereocenters. The number of esters is 1. The fraction of sp³-hybridized carbons (Fsp3) is 0.400. The summed E-state index contributed by atoms with van der Waals surface area (Å²) >= 11 is 3.45. The van der Waals surface area contributed by atoms with E-state index in [0.717, 1.165) is 15.8 Å². The fourth-order valence-electron chi connectivity index (χ4n) is 2.23. The monoisotopic (exact) mass is 394 g/mol. The molecule has 1 aliphatic rings. The average molecular weight is 395 g/mol. The molecule has 0 amide bonds. The third kappa shape index (κ3) is 4.04. The highest BCUT2D eigenvalue weighted by molar-refractivity contribution is 9.10. The minimum atomic E-state index is -0.491. The van der Waals surface area contributed by atoms with Crippen LogP contribution in [0.5, 0.6) is 0 Å². The largest absolute Gasteiger partial charge is 0.459 e. The molecule has 0 fully saturated rings. The first kappa shape index (κ1) is 16.7. The summed E-state index contributed by atoms with van der Waals surface area (Å²) in [6.45, 7) is 6.22. The molecular formula is C15H19BrN6O2. The number of hydrogen-bond donors (Lipinski definition) is 2. The predicted octanol–water partition coefficient (Wildman–Crippen LogP) is 1.91. The summed E-state index contributed by atoms with van der Waals surface area (Å²) in [5.74, 6) is 0.205. The van der Waals surface area contributed by atoms with Crippen molar-refractivity contribution < 1.29 is 9.53 Å². The van der Waals surface area contributed by atoms with Crippen LogP contribution in [0.25, 0.3) is 5.65 Å². The van der Waals surface area contributed by atoms with Gasteiger partial charge in [-0.1, -0.05) is 0 Å². The summed E-state index contributed by atoms with van der Waals surface area (Å²) in [7, 11) is 0. The third-order valence-corrected chi connectivity index (χ3v) is 3.71. The second kappa shape index (κ2) is 6.40. The van der Waals surface area contributed by atoms with Crippen LogP contribution in [0.1, 0.15) is 20.8 Å². The van der Waals surface area contributed by atoms with E-state index in [0.29, 0.717) is 12.5 Å². The molecule has 0 radical (unpaired) electrons. The van der Waals surface area contributed by atoms with E-state index in [1.165, 1.54) is 0 Å². The zero-order valence-corrected chi connectivity index (χ0v) is 15.3. The van der Waals surface area contributed by atoms with Crippen LogP contribution in [0, 0.1) is 0 Å². The molecule has 24 heavy (non-hydrogen) atoms. The minimum absolute atomic E-state index is 0.132. The number of carbonyl (C=O) groups excluding carboxylic acids is 1. The SMILES string of the molecule is CC(C)(C)OC(=O)CN1C=C(Nc2nc3c(Br)cccn3n2)CN1. The Morgan fingerprint density at radius 1 is 1.50 bits per heavy atom. The number of fused-ring (bicyclic) bond motifs is 1. The Hall–Kier alpha value is -2.13. The average Bonchev–Trinajstić information content (AvgIpc) is 3.04. The molecule has 8 nitrogen and oxygen atoms in total. The topological polar surface area (TPSA) is 83.8 Å². The van der Waals surface area contributed by atoms with Crippen LogP contribution in [-0.2, 0) is 9.53 Å². The van der Waals surface area contributed by atoms with Crippen LogP contribution >= 0.6 is 15.9 Å². The minimum Gasteiger partial charge on any atom is -0.459 e. The molecule has 3 rings (SSSR count). The Bertz CT molecular complexity index is 795. The molecule has 0 unspecified atom stereocenters. The molecule has 2 aromatic rings. The number of aromatic nitrogens is 3. The highest BCUT2D eigenvalue weighted by Gasteiger charge is 2.21. The smallest absolute Gasteiger partial charge is 0.327 e. The number of carbonyl (C=O) groups is 1. The van der Waals surface area contributed by atoms with Crippen LogP contribution in [-0.4, -0.2) is 44.3 Å². The van der Waals surface area contributed by atoms with Crippen molar-refractivity contribution in [2.45, 2.75) is 26.4 Å². The van der Waals surface area contributed by atoms with Gasteiger partial charge in [0.2, 0.25) is 5.95 Å². The van der Waals surface area contributed by atoms with Crippen molar-refractivity contribution >= 4 is 33.5 Å². The van der Waals surface area contributed by atoms with Gasteiger partial charge in [0.15, 0.2) is 5.65 Å². The van der Waals surface area contributed by atoms with E-state index >= 15 is 0 Å². The van der Waals surface area contributed by atoms with E-state index in [1.807, 2.05) is 45.3 Å². The summed E-state index contributed by atoms with van der Waals surface area (Å²) in [4.78, 5) is 16.3. The number of rotatable bonds is 4. The molecule has 0 aliphatic carbocycles. The molecule has 0 saturated carbocycles. The predicted molar refractivity (Wildman–Crippen MR) is 92.9 cm³/mol. The van der Waals surface area contributed by atoms with Crippen LogP contribution in [0.2, 0.25) is 0 Å². The van der Waals surface area contributed by atoms with E-state index in [9.17, 15) is 4.79 Å². The lowest BCUT2D eigenvalue weighted by Gasteiger charge is -2.22. The van der Waals surface area contributed by atoms with E-state index in [2.05, 4.69) is 36.8 Å². The first-order valence-electron chi connectivity index (χ1n) is 7.51. The Labute approximate surface area is 148 Å². The van der Waals surface area contributed by atoms with Crippen molar-refractivity contribution in [3.8, 4) is 0 Å². The van der Waals surface area contributed by atoms with Crippen LogP contribution in [0.3, 0.4) is 0 Å². The van der Waals surface area contributed by atoms with Gasteiger partial charge < -0.3 is 15.1 Å². The van der Waals surface area contributed by atoms with Crippen molar-refractivity contribution in [3.05, 3.63) is 34.7 Å². The summed E-state index contributed by atoms with van der Waals surface area (Å²) in [5.41, 5.74) is 4.20. The van der Waals surface area contributed by atoms with Crippen LogP contribution in [0.15, 0.2) is 34.7 Å². The van der Waals surface area contributed by atoms with Crippen LogP contribution in [0.4, 0.5) is 5.95 Å². The Kier molecular flexibility index (Phi) is 4.46. The van der Waals surface area contributed by atoms with Gasteiger partial charge in [-0.05, 0) is 48.8 Å². The number of ether oxygens (including phenoxy) is 1. The number of pyridine rings is 1. The van der Waals surface area contributed by atoms with Gasteiger partial charge >= 0.3 is 5.97 Å². The van der Waals surface area contributed by atoms with E-state index in [1.54, 1.807) is 9.52 Å². The lowest BCUT2D eigenvalue weighted by atomic mass is 10.2. The van der Waals surface area contributed by atoms with Crippen molar-refractivity contribution in [2.75, 3.05) is 18.4 Å². The van der Waals surface area contributed by atoms with Gasteiger partial charge in [-0.15, -0.1) is 5.10 Å². The van der Waals surface area contributed by atoms with Crippen molar-refractivity contribution in [1.82, 2.24) is 25.0 Å². The van der Waals surface area contributed by atoms with Gasteiger partial charge in [0.1, 0.15) is 12.1 Å². The van der Waals surface area contributed by atoms with Crippen molar-refractivity contribution in [1.29, 1.82) is 0 Å². The van der Waals surface area contributed by atoms with Gasteiger partial charge in [-0.2, -0.15) is 4.98 Å². The number of hydrazine groups is 1. The highest BCUT2D eigenvalue weighted by atomic mass is 79.9. The Morgan fingerprint density at radius 2 is 2.29 bits per heavy atom. The Balaban J connectivity index is 1.63. The molecular weight excluding hydrogens is 376 g/mol. The lowest BCUT2D eigenvalue weighted by Crippen LogP contribution is -2.37. The fourth-order valence-corrected chi connectivity index (χ4v) is 2.65. The first-order chi connectivity index (χ1) is 11.3. The molecule has 0 aromatic carbocycles. The number of nitrogens with zero attached hydrogens (tertiary/aromatic N) is 4. The maximum absolute atomic E-state index is 11.8. The van der Waals surface area contributed by atoms with Gasteiger partial charge in [0, 0.05) is 12.4 Å². The number of halogens is 1. The molecule has 3 heterocycles. The van der Waals surface area contributed by atoms with Crippen molar-refractivity contribution in [3.63, 3.8) is 0 Å². The van der Waals surface area contributed by atoms with Gasteiger partial charge in [-0.25, -0.2) is 9.94 Å². The normalized spacial score (nSPS) is 14.8. The number of nitrogens with one attached hydrogen (secondary N) is 2. The standard InChI is InChI=1S/C15H19BrN6O2/c1-15(2,3)24-12(23)9-21-8-10(7-17-21)18-14-19-13-11(16)5-4-6-22(13)20-14/h4-6,8,17H,7,9H2,1-3H3,(H,18,20). The van der Waals surface area contributed by atoms with E-state index < -0.39 is 5.60 Å². The molecule has 2 aromatic heterocycles. The van der Waals surface area contributed by atoms with Crippen molar-refractivity contribution in [2.24, 2.45) is 0 Å². The maximum Gasteiger partial charge on any atom is 0.327 e. The second-order valence-corrected chi connectivity index (χ2v) is 7.24. The molecule has 0 saturated heterocycles. The van der Waals surface area contributed by atoms with Gasteiger partial charge in [0.25, 0.3) is 0 Å². The van der Waals surface area contributed by atoms with Gasteiger partial charge in [-0.3, -0.25) is 4.79 Å². The lowest BCUT2D eigenvalue weighted by molar-refractivity contribution is -0.155. The highest BCUT2D eigenvalue weighted by Crippen LogP contribution is 2.18. The van der Waals surface area contributed by atoms with Gasteiger partial charge in [0.05, 0.1) is 16.7 Å². The zero-order valence-electron chi connectivity index (χ0n) is 13.7. The van der Waals surface area contributed by atoms with E-state index in [-0.39, 0.29) is 12.5 Å². The molecule has 128 valence electrons. The molecule has 9 heteroatoms. The summed E-state index contributed by atoms with van der Waals surface area (Å²) in [6, 6.07) is 3.79. The molecule has 0 spiro atoms. The quantitative estimate of drug-likeness (QED) is 0.766. The molecule has 0 bridgehead atoms. The summed E-state index contributed by atoms with van der Waals surface area (Å²) < 4.78 is 7.86. The Morgan fingerprint density at radius 3 is 3.00 bits per heavy atom. The number of hydrogen-bond acceptors (Lipinski definition) is 7. The second-order valence-electron chi connectivity index (χ2n) is 6.39. The first-order valence-corrected chi connectivity index (χ1v) is 8.30. The van der Waals surface area contributed by atoms with Crippen LogP contribution < -0.4 is 10.7 Å². The molecule has 1 aliphatic heterocycles. The zero-order chi connectivity index (χ0) is 17.3. The number of anilines is 1. The summed E-state index contributed by atoms with van der Waals surface area (Å²) in [6.07, 6.45) is 3.64. The third-order valence-electron chi connectivity index (χ3n) is 3.09. The maximum atomic E-state index is 11.8. The van der Waals surface area contributed by atoms with E-state index in [4.69, 9.17) is 4.74 Å². The molecule has 2 N–H and O–H groups in total. The summed E-state index contributed by atoms with van der Waals surface area (Å²) in [5, 5.41) is 9.19.